The van der Waals surface area contributed by atoms with Crippen molar-refractivity contribution in [2.75, 3.05) is 0 Å². The van der Waals surface area contributed by atoms with Crippen molar-refractivity contribution in [2.45, 2.75) is 32.2 Å². The van der Waals surface area contributed by atoms with Crippen LogP contribution in [-0.2, 0) is 0 Å². The summed E-state index contributed by atoms with van der Waals surface area (Å²) in [5.41, 5.74) is 0.482. The second-order valence-electron chi connectivity index (χ2n) is 4.72. The molecule has 17 heavy (non-hydrogen) atoms. The van der Waals surface area contributed by atoms with E-state index >= 15 is 0 Å². The van der Waals surface area contributed by atoms with Crippen LogP contribution in [0.2, 0.25) is 5.02 Å². The van der Waals surface area contributed by atoms with Gasteiger partial charge in [0.25, 0.3) is 5.91 Å². The van der Waals surface area contributed by atoms with Crippen LogP contribution >= 0.6 is 11.6 Å². The van der Waals surface area contributed by atoms with E-state index in [1.165, 1.54) is 25.0 Å². The summed E-state index contributed by atoms with van der Waals surface area (Å²) >= 11 is 5.76. The smallest absolute Gasteiger partial charge is 0.251 e. The third kappa shape index (κ3) is 3.37. The highest BCUT2D eigenvalue weighted by Crippen LogP contribution is 2.33. The number of benzene rings is 1. The van der Waals surface area contributed by atoms with Crippen LogP contribution in [0, 0.1) is 5.92 Å². The number of aromatic hydroxyl groups is 1. The summed E-state index contributed by atoms with van der Waals surface area (Å²) in [7, 11) is 0. The number of hydrogen-bond acceptors (Lipinski definition) is 2. The fourth-order valence-corrected chi connectivity index (χ4v) is 2.05. The minimum atomic E-state index is -0.139. The molecule has 1 aromatic carbocycles. The summed E-state index contributed by atoms with van der Waals surface area (Å²) in [6.07, 6.45) is 3.61. The first-order valence-electron chi connectivity index (χ1n) is 5.85. The maximum absolute atomic E-state index is 11.9. The Balaban J connectivity index is 1.95. The minimum absolute atomic E-state index is 0.00533. The van der Waals surface area contributed by atoms with Gasteiger partial charge in [0, 0.05) is 11.6 Å². The zero-order chi connectivity index (χ0) is 12.4. The Kier molecular flexibility index (Phi) is 3.57. The average molecular weight is 254 g/mol. The van der Waals surface area contributed by atoms with Gasteiger partial charge in [0.2, 0.25) is 0 Å². The van der Waals surface area contributed by atoms with E-state index in [0.717, 1.165) is 12.3 Å². The van der Waals surface area contributed by atoms with E-state index in [-0.39, 0.29) is 22.7 Å². The van der Waals surface area contributed by atoms with Gasteiger partial charge in [-0.1, -0.05) is 24.4 Å². The third-order valence-corrected chi connectivity index (χ3v) is 3.27. The zero-order valence-corrected chi connectivity index (χ0v) is 10.5. The number of phenols is 1. The normalized spacial score (nSPS) is 16.6. The first-order valence-corrected chi connectivity index (χ1v) is 6.23. The van der Waals surface area contributed by atoms with Gasteiger partial charge in [-0.3, -0.25) is 4.79 Å². The lowest BCUT2D eigenvalue weighted by Crippen LogP contribution is -2.32. The van der Waals surface area contributed by atoms with Crippen LogP contribution in [-0.4, -0.2) is 17.1 Å². The first kappa shape index (κ1) is 12.2. The third-order valence-electron chi connectivity index (χ3n) is 2.97. The lowest BCUT2D eigenvalue weighted by atomic mass is 10.1. The van der Waals surface area contributed by atoms with Crippen LogP contribution in [0.15, 0.2) is 18.2 Å². The molecule has 0 aliphatic heterocycles. The van der Waals surface area contributed by atoms with Gasteiger partial charge in [0.05, 0.1) is 5.02 Å². The van der Waals surface area contributed by atoms with E-state index < -0.39 is 0 Å². The molecule has 0 spiro atoms. The van der Waals surface area contributed by atoms with E-state index in [2.05, 4.69) is 5.32 Å². The Morgan fingerprint density at radius 3 is 2.88 bits per heavy atom. The molecule has 4 heteroatoms. The van der Waals surface area contributed by atoms with Crippen molar-refractivity contribution in [1.29, 1.82) is 0 Å². The Bertz CT molecular complexity index is 429. The van der Waals surface area contributed by atoms with Crippen molar-refractivity contribution < 1.29 is 9.90 Å². The summed E-state index contributed by atoms with van der Waals surface area (Å²) in [6.45, 7) is 2.01. The van der Waals surface area contributed by atoms with Gasteiger partial charge in [-0.2, -0.15) is 0 Å². The Labute approximate surface area is 106 Å². The highest BCUT2D eigenvalue weighted by atomic mass is 35.5. The van der Waals surface area contributed by atoms with Crippen LogP contribution in [0.3, 0.4) is 0 Å². The molecule has 0 aromatic heterocycles. The van der Waals surface area contributed by atoms with Gasteiger partial charge in [0.1, 0.15) is 5.75 Å². The van der Waals surface area contributed by atoms with Crippen molar-refractivity contribution in [3.63, 3.8) is 0 Å². The maximum Gasteiger partial charge on any atom is 0.251 e. The first-order chi connectivity index (χ1) is 8.06. The zero-order valence-electron chi connectivity index (χ0n) is 9.74. The number of rotatable bonds is 4. The molecule has 1 fully saturated rings. The van der Waals surface area contributed by atoms with Crippen molar-refractivity contribution in [3.05, 3.63) is 28.8 Å². The van der Waals surface area contributed by atoms with E-state index in [1.54, 1.807) is 6.07 Å². The molecule has 1 aromatic rings. The number of amides is 1. The standard InChI is InChI=1S/C13H16ClNO2/c1-8(6-9-2-3-9)15-13(17)10-4-5-12(16)11(14)7-10/h4-5,7-9,16H,2-3,6H2,1H3,(H,15,17). The summed E-state index contributed by atoms with van der Waals surface area (Å²) in [5, 5.41) is 12.4. The fourth-order valence-electron chi connectivity index (χ4n) is 1.87. The lowest BCUT2D eigenvalue weighted by molar-refractivity contribution is 0.0937. The topological polar surface area (TPSA) is 49.3 Å². The molecular weight excluding hydrogens is 238 g/mol. The van der Waals surface area contributed by atoms with Crippen molar-refractivity contribution in [3.8, 4) is 5.75 Å². The van der Waals surface area contributed by atoms with E-state index in [1.807, 2.05) is 6.92 Å². The highest BCUT2D eigenvalue weighted by molar-refractivity contribution is 6.32. The monoisotopic (exact) mass is 253 g/mol. The molecule has 92 valence electrons. The molecule has 1 saturated carbocycles. The maximum atomic E-state index is 11.9. The Morgan fingerprint density at radius 2 is 2.29 bits per heavy atom. The predicted molar refractivity (Wildman–Crippen MR) is 67.4 cm³/mol. The van der Waals surface area contributed by atoms with Crippen molar-refractivity contribution in [2.24, 2.45) is 5.92 Å². The number of carbonyl (C=O) groups is 1. The van der Waals surface area contributed by atoms with Crippen LogP contribution in [0.25, 0.3) is 0 Å². The minimum Gasteiger partial charge on any atom is -0.506 e. The number of hydrogen-bond donors (Lipinski definition) is 2. The predicted octanol–water partition coefficient (Wildman–Crippen LogP) is 2.96. The Hall–Kier alpha value is -1.22. The summed E-state index contributed by atoms with van der Waals surface area (Å²) in [5.74, 6) is 0.642. The molecule has 2 N–H and O–H groups in total. The van der Waals surface area contributed by atoms with Gasteiger partial charge < -0.3 is 10.4 Å². The molecule has 0 saturated heterocycles. The molecule has 0 radical (unpaired) electrons. The van der Waals surface area contributed by atoms with E-state index in [4.69, 9.17) is 11.6 Å². The summed E-state index contributed by atoms with van der Waals surface area (Å²) < 4.78 is 0. The van der Waals surface area contributed by atoms with Gasteiger partial charge in [-0.25, -0.2) is 0 Å². The molecular formula is C13H16ClNO2. The summed E-state index contributed by atoms with van der Waals surface area (Å²) in [4.78, 5) is 11.9. The van der Waals surface area contributed by atoms with Crippen LogP contribution < -0.4 is 5.32 Å². The van der Waals surface area contributed by atoms with E-state index in [0.29, 0.717) is 5.56 Å². The van der Waals surface area contributed by atoms with Gasteiger partial charge >= 0.3 is 0 Å². The van der Waals surface area contributed by atoms with Crippen molar-refractivity contribution in [1.82, 2.24) is 5.32 Å². The van der Waals surface area contributed by atoms with Crippen LogP contribution in [0.1, 0.15) is 36.5 Å². The number of carbonyl (C=O) groups excluding carboxylic acids is 1. The molecule has 3 nitrogen and oxygen atoms in total. The average Bonchev–Trinajstić information content (AvgIpc) is 3.05. The highest BCUT2D eigenvalue weighted by Gasteiger charge is 2.24. The molecule has 1 atom stereocenters. The largest absolute Gasteiger partial charge is 0.506 e. The van der Waals surface area contributed by atoms with Crippen molar-refractivity contribution >= 4 is 17.5 Å². The molecule has 0 heterocycles. The molecule has 1 unspecified atom stereocenters. The fraction of sp³-hybridized carbons (Fsp3) is 0.462. The molecule has 1 aliphatic carbocycles. The van der Waals surface area contributed by atoms with Gasteiger partial charge in [-0.15, -0.1) is 0 Å². The van der Waals surface area contributed by atoms with Crippen LogP contribution in [0.4, 0.5) is 0 Å². The second-order valence-corrected chi connectivity index (χ2v) is 5.13. The quantitative estimate of drug-likeness (QED) is 0.867. The molecule has 1 aliphatic rings. The Morgan fingerprint density at radius 1 is 1.59 bits per heavy atom. The van der Waals surface area contributed by atoms with Crippen LogP contribution in [0.5, 0.6) is 5.75 Å². The number of nitrogens with one attached hydrogen (secondary N) is 1. The molecule has 0 bridgehead atoms. The van der Waals surface area contributed by atoms with Gasteiger partial charge in [0.15, 0.2) is 0 Å². The number of phenolic OH excluding ortho intramolecular Hbond substituents is 1. The SMILES string of the molecule is CC(CC1CC1)NC(=O)c1ccc(O)c(Cl)c1. The molecule has 2 rings (SSSR count). The lowest BCUT2D eigenvalue weighted by Gasteiger charge is -2.13. The molecule has 1 amide bonds. The second kappa shape index (κ2) is 4.96. The summed E-state index contributed by atoms with van der Waals surface area (Å²) in [6, 6.07) is 4.67. The van der Waals surface area contributed by atoms with Gasteiger partial charge in [-0.05, 0) is 37.5 Å². The number of halogens is 1. The van der Waals surface area contributed by atoms with E-state index in [9.17, 15) is 9.90 Å².